The molecule has 1 aliphatic rings. The lowest BCUT2D eigenvalue weighted by Gasteiger charge is -2.31. The zero-order valence-electron chi connectivity index (χ0n) is 9.56. The Morgan fingerprint density at radius 2 is 2.07 bits per heavy atom. The van der Waals surface area contributed by atoms with Gasteiger partial charge in [0.15, 0.2) is 0 Å². The van der Waals surface area contributed by atoms with E-state index in [-0.39, 0.29) is 18.4 Å². The maximum absolute atomic E-state index is 8.97. The topological polar surface area (TPSA) is 60.5 Å². The van der Waals surface area contributed by atoms with Gasteiger partial charge in [0.2, 0.25) is 0 Å². The normalized spacial score (nSPS) is 22.8. The van der Waals surface area contributed by atoms with Crippen molar-refractivity contribution >= 4 is 8.56 Å². The molecule has 0 bridgehead atoms. The Bertz CT molecular complexity index is 181. The molecule has 0 radical (unpaired) electrons. The van der Waals surface area contributed by atoms with Gasteiger partial charge in [-0.15, -0.1) is 0 Å². The van der Waals surface area contributed by atoms with Gasteiger partial charge in [0.25, 0.3) is 0 Å². The second-order valence-electron chi connectivity index (χ2n) is 3.71. The van der Waals surface area contributed by atoms with Crippen molar-refractivity contribution in [1.29, 1.82) is 0 Å². The summed E-state index contributed by atoms with van der Waals surface area (Å²) in [6, 6.07) is 0. The van der Waals surface area contributed by atoms with Gasteiger partial charge in [-0.2, -0.15) is 0 Å². The number of rotatable bonds is 8. The molecule has 2 unspecified atom stereocenters. The van der Waals surface area contributed by atoms with Gasteiger partial charge in [0.1, 0.15) is 11.8 Å². The number of epoxide rings is 1. The van der Waals surface area contributed by atoms with Crippen LogP contribution in [-0.2, 0) is 18.3 Å². The second kappa shape index (κ2) is 5.93. The Labute approximate surface area is 91.5 Å². The fraction of sp³-hybridized carbons (Fsp3) is 1.00. The predicted octanol–water partition coefficient (Wildman–Crippen LogP) is 0.0568. The van der Waals surface area contributed by atoms with Crippen LogP contribution in [0.25, 0.3) is 0 Å². The van der Waals surface area contributed by atoms with Gasteiger partial charge in [-0.3, -0.25) is 0 Å². The summed E-state index contributed by atoms with van der Waals surface area (Å²) in [5, 5.41) is 8.97. The number of aliphatic hydroxyl groups is 1. The Morgan fingerprint density at radius 1 is 1.47 bits per heavy atom. The Kier molecular flexibility index (Phi) is 5.17. The minimum absolute atomic E-state index is 0.0749. The average molecular weight is 236 g/mol. The molecule has 1 rings (SSSR count). The van der Waals surface area contributed by atoms with Gasteiger partial charge in [-0.1, -0.05) is 0 Å². The van der Waals surface area contributed by atoms with Crippen LogP contribution in [0.15, 0.2) is 0 Å². The quantitative estimate of drug-likeness (QED) is 0.477. The van der Waals surface area contributed by atoms with Crippen LogP contribution in [0.1, 0.15) is 6.42 Å². The maximum atomic E-state index is 8.97. The molecule has 6 heteroatoms. The van der Waals surface area contributed by atoms with Crippen LogP contribution < -0.4 is 0 Å². The van der Waals surface area contributed by atoms with Gasteiger partial charge in [0, 0.05) is 20.8 Å². The van der Waals surface area contributed by atoms with E-state index in [0.717, 1.165) is 6.61 Å². The van der Waals surface area contributed by atoms with Crippen molar-refractivity contribution < 1.29 is 23.4 Å². The Balaban J connectivity index is 2.44. The third kappa shape index (κ3) is 3.82. The van der Waals surface area contributed by atoms with Gasteiger partial charge in [-0.25, -0.2) is 0 Å². The third-order valence-electron chi connectivity index (χ3n) is 2.67. The van der Waals surface area contributed by atoms with Crippen molar-refractivity contribution in [2.24, 2.45) is 0 Å². The molecule has 0 spiro atoms. The molecule has 0 saturated carbocycles. The summed E-state index contributed by atoms with van der Waals surface area (Å²) < 4.78 is 21.5. The highest BCUT2D eigenvalue weighted by Gasteiger charge is 2.41. The van der Waals surface area contributed by atoms with E-state index in [1.807, 2.05) is 6.55 Å². The zero-order valence-corrected chi connectivity index (χ0v) is 10.6. The molecule has 2 atom stereocenters. The smallest absolute Gasteiger partial charge is 0.364 e. The number of ether oxygens (including phenoxy) is 2. The standard InChI is InChI=1S/C9H20O5Si/c1-11-15(3,12-2)9(4-5-10)14-7-8-6-13-8/h8-10H,4-7H2,1-3H3. The van der Waals surface area contributed by atoms with Crippen molar-refractivity contribution in [3.63, 3.8) is 0 Å². The summed E-state index contributed by atoms with van der Waals surface area (Å²) in [6.45, 7) is 3.33. The summed E-state index contributed by atoms with van der Waals surface area (Å²) in [5.41, 5.74) is -0.151. The van der Waals surface area contributed by atoms with Gasteiger partial charge in [-0.05, 0) is 13.0 Å². The second-order valence-corrected chi connectivity index (χ2v) is 7.21. The SMILES string of the molecule is CO[Si](C)(OC)C(CCO)OCC1CO1. The average Bonchev–Trinajstić information content (AvgIpc) is 3.07. The van der Waals surface area contributed by atoms with Crippen LogP contribution in [0.4, 0.5) is 0 Å². The molecule has 0 amide bonds. The Morgan fingerprint density at radius 3 is 2.47 bits per heavy atom. The Hall–Kier alpha value is 0.0169. The maximum Gasteiger partial charge on any atom is 0.364 e. The van der Waals surface area contributed by atoms with Crippen LogP contribution in [0.2, 0.25) is 6.55 Å². The van der Waals surface area contributed by atoms with E-state index in [9.17, 15) is 0 Å². The molecule has 1 fully saturated rings. The molecule has 0 aliphatic carbocycles. The summed E-state index contributed by atoms with van der Waals surface area (Å²) in [6.07, 6.45) is 0.759. The number of hydrogen-bond donors (Lipinski definition) is 1. The van der Waals surface area contributed by atoms with E-state index in [0.29, 0.717) is 13.0 Å². The fourth-order valence-electron chi connectivity index (χ4n) is 1.35. The molecular formula is C9H20O5Si. The van der Waals surface area contributed by atoms with E-state index in [2.05, 4.69) is 0 Å². The lowest BCUT2D eigenvalue weighted by molar-refractivity contribution is 0.0365. The van der Waals surface area contributed by atoms with Gasteiger partial charge in [0.05, 0.1) is 13.2 Å². The molecule has 1 N–H and O–H groups in total. The molecule has 90 valence electrons. The van der Waals surface area contributed by atoms with E-state index >= 15 is 0 Å². The van der Waals surface area contributed by atoms with Crippen LogP contribution in [0, 0.1) is 0 Å². The summed E-state index contributed by atoms with van der Waals surface area (Å²) in [5.74, 6) is 0. The third-order valence-corrected chi connectivity index (χ3v) is 5.92. The molecular weight excluding hydrogens is 216 g/mol. The number of aliphatic hydroxyl groups excluding tert-OH is 1. The lowest BCUT2D eigenvalue weighted by Crippen LogP contribution is -2.51. The lowest BCUT2D eigenvalue weighted by atomic mass is 10.5. The van der Waals surface area contributed by atoms with E-state index in [4.69, 9.17) is 23.4 Å². The first kappa shape index (κ1) is 13.1. The zero-order chi connectivity index (χ0) is 11.3. The van der Waals surface area contributed by atoms with Crippen molar-refractivity contribution in [1.82, 2.24) is 0 Å². The largest absolute Gasteiger partial charge is 0.396 e. The molecule has 15 heavy (non-hydrogen) atoms. The monoisotopic (exact) mass is 236 g/mol. The highest BCUT2D eigenvalue weighted by atomic mass is 28.4. The van der Waals surface area contributed by atoms with Crippen LogP contribution in [-0.4, -0.2) is 59.5 Å². The van der Waals surface area contributed by atoms with E-state index in [1.54, 1.807) is 14.2 Å². The minimum Gasteiger partial charge on any atom is -0.396 e. The molecule has 1 heterocycles. The molecule has 5 nitrogen and oxygen atoms in total. The summed E-state index contributed by atoms with van der Waals surface area (Å²) in [7, 11) is 0.920. The van der Waals surface area contributed by atoms with Crippen molar-refractivity contribution in [2.45, 2.75) is 24.8 Å². The highest BCUT2D eigenvalue weighted by molar-refractivity contribution is 6.67. The predicted molar refractivity (Wildman–Crippen MR) is 56.8 cm³/mol. The minimum atomic E-state index is -2.32. The van der Waals surface area contributed by atoms with Crippen molar-refractivity contribution in [3.8, 4) is 0 Å². The molecule has 0 aromatic heterocycles. The number of hydrogen-bond acceptors (Lipinski definition) is 5. The van der Waals surface area contributed by atoms with Crippen LogP contribution >= 0.6 is 0 Å². The molecule has 0 aromatic carbocycles. The van der Waals surface area contributed by atoms with Crippen LogP contribution in [0.5, 0.6) is 0 Å². The molecule has 1 saturated heterocycles. The van der Waals surface area contributed by atoms with Crippen molar-refractivity contribution in [3.05, 3.63) is 0 Å². The van der Waals surface area contributed by atoms with Gasteiger partial charge >= 0.3 is 8.56 Å². The summed E-state index contributed by atoms with van der Waals surface area (Å²) in [4.78, 5) is 0. The van der Waals surface area contributed by atoms with Gasteiger partial charge < -0.3 is 23.4 Å². The van der Waals surface area contributed by atoms with E-state index in [1.165, 1.54) is 0 Å². The van der Waals surface area contributed by atoms with Crippen molar-refractivity contribution in [2.75, 3.05) is 34.0 Å². The first-order chi connectivity index (χ1) is 7.16. The summed E-state index contributed by atoms with van der Waals surface area (Å²) >= 11 is 0. The van der Waals surface area contributed by atoms with E-state index < -0.39 is 8.56 Å². The molecule has 1 aliphatic heterocycles. The van der Waals surface area contributed by atoms with Crippen LogP contribution in [0.3, 0.4) is 0 Å². The first-order valence-corrected chi connectivity index (χ1v) is 7.50. The molecule has 0 aromatic rings. The highest BCUT2D eigenvalue weighted by Crippen LogP contribution is 2.19. The fourth-order valence-corrected chi connectivity index (χ4v) is 3.09. The first-order valence-electron chi connectivity index (χ1n) is 5.10.